The molecule has 2 amide bonds. The van der Waals surface area contributed by atoms with E-state index in [-0.39, 0.29) is 38.5 Å². The summed E-state index contributed by atoms with van der Waals surface area (Å²) in [5.41, 5.74) is 4.57. The van der Waals surface area contributed by atoms with Gasteiger partial charge < -0.3 is 19.7 Å². The highest BCUT2D eigenvalue weighted by molar-refractivity contribution is 6.19. The van der Waals surface area contributed by atoms with Crippen LogP contribution in [0.2, 0.25) is 6.32 Å². The lowest BCUT2D eigenvalue weighted by Gasteiger charge is -2.21. The van der Waals surface area contributed by atoms with Gasteiger partial charge in [-0.05, 0) is 35.0 Å². The van der Waals surface area contributed by atoms with E-state index in [1.165, 1.54) is 4.90 Å². The van der Waals surface area contributed by atoms with Gasteiger partial charge in [0.25, 0.3) is 0 Å². The molecule has 0 saturated carbocycles. The Hall–Kier alpha value is -3.29. The van der Waals surface area contributed by atoms with Crippen molar-refractivity contribution in [3.63, 3.8) is 0 Å². The van der Waals surface area contributed by atoms with Gasteiger partial charge in [-0.15, -0.1) is 0 Å². The van der Waals surface area contributed by atoms with Gasteiger partial charge in [0, 0.05) is 19.0 Å². The molecule has 7 nitrogen and oxygen atoms in total. The van der Waals surface area contributed by atoms with Gasteiger partial charge >= 0.3 is 12.1 Å². The second kappa shape index (κ2) is 11.4. The second-order valence-corrected chi connectivity index (χ2v) is 7.49. The summed E-state index contributed by atoms with van der Waals surface area (Å²) in [6.07, 6.45) is -0.119. The Morgan fingerprint density at radius 2 is 1.62 bits per heavy atom. The highest BCUT2D eigenvalue weighted by Gasteiger charge is 2.29. The molecule has 3 rings (SSSR count). The van der Waals surface area contributed by atoms with Gasteiger partial charge in [-0.25, -0.2) is 4.79 Å². The molecule has 0 aliphatic heterocycles. The maximum Gasteiger partial charge on any atom is 0.407 e. The first-order valence-electron chi connectivity index (χ1n) is 10.8. The summed E-state index contributed by atoms with van der Waals surface area (Å²) in [5, 5.41) is 2.63. The van der Waals surface area contributed by atoms with Crippen molar-refractivity contribution in [1.82, 2.24) is 10.2 Å². The van der Waals surface area contributed by atoms with Crippen LogP contribution < -0.4 is 5.32 Å². The van der Waals surface area contributed by atoms with Crippen molar-refractivity contribution >= 4 is 25.8 Å². The smallest absolute Gasteiger partial charge is 0.407 e. The molecule has 1 aliphatic rings. The van der Waals surface area contributed by atoms with Gasteiger partial charge in [0.15, 0.2) is 0 Å². The third-order valence-corrected chi connectivity index (χ3v) is 5.31. The monoisotopic (exact) mass is 434 g/mol. The molecular formula is C24H27BN2O5. The highest BCUT2D eigenvalue weighted by Crippen LogP contribution is 2.44. The molecular weight excluding hydrogens is 407 g/mol. The molecule has 0 bridgehead atoms. The van der Waals surface area contributed by atoms with Crippen LogP contribution in [-0.4, -0.2) is 63.6 Å². The van der Waals surface area contributed by atoms with Crippen LogP contribution >= 0.6 is 0 Å². The molecule has 2 radical (unpaired) electrons. The zero-order valence-corrected chi connectivity index (χ0v) is 18.2. The van der Waals surface area contributed by atoms with Gasteiger partial charge in [-0.1, -0.05) is 55.5 Å². The quantitative estimate of drug-likeness (QED) is 0.459. The van der Waals surface area contributed by atoms with Crippen molar-refractivity contribution in [3.05, 3.63) is 59.7 Å². The summed E-state index contributed by atoms with van der Waals surface area (Å²) in [5.74, 6) is -0.931. The van der Waals surface area contributed by atoms with E-state index in [4.69, 9.17) is 17.3 Å². The number of rotatable bonds is 10. The third-order valence-electron chi connectivity index (χ3n) is 5.31. The first kappa shape index (κ1) is 23.4. The van der Waals surface area contributed by atoms with Crippen molar-refractivity contribution in [2.75, 3.05) is 32.8 Å². The van der Waals surface area contributed by atoms with E-state index in [1.807, 2.05) is 31.2 Å². The molecule has 166 valence electrons. The van der Waals surface area contributed by atoms with E-state index >= 15 is 0 Å². The predicted molar refractivity (Wildman–Crippen MR) is 121 cm³/mol. The number of alkyl carbamates (subject to hydrolysis) is 1. The van der Waals surface area contributed by atoms with Crippen molar-refractivity contribution in [3.8, 4) is 11.1 Å². The fourth-order valence-corrected chi connectivity index (χ4v) is 3.78. The zero-order chi connectivity index (χ0) is 22.9. The molecule has 2 aromatic rings. The summed E-state index contributed by atoms with van der Waals surface area (Å²) < 4.78 is 10.5. The Balaban J connectivity index is 1.51. The minimum atomic E-state index is -0.583. The van der Waals surface area contributed by atoms with E-state index in [0.29, 0.717) is 13.0 Å². The molecule has 0 spiro atoms. The Morgan fingerprint density at radius 3 is 2.22 bits per heavy atom. The number of carbonyl (C=O) groups is 3. The van der Waals surface area contributed by atoms with E-state index in [9.17, 15) is 14.4 Å². The van der Waals surface area contributed by atoms with Crippen molar-refractivity contribution in [2.45, 2.75) is 25.6 Å². The Bertz CT molecular complexity index is 919. The van der Waals surface area contributed by atoms with Gasteiger partial charge in [0.05, 0.1) is 14.5 Å². The molecule has 32 heavy (non-hydrogen) atoms. The minimum Gasteiger partial charge on any atom is -0.464 e. The zero-order valence-electron chi connectivity index (χ0n) is 18.2. The van der Waals surface area contributed by atoms with E-state index < -0.39 is 18.0 Å². The van der Waals surface area contributed by atoms with Crippen LogP contribution in [0.3, 0.4) is 0 Å². The van der Waals surface area contributed by atoms with Crippen LogP contribution in [0.15, 0.2) is 48.5 Å². The number of benzene rings is 2. The summed E-state index contributed by atoms with van der Waals surface area (Å²) >= 11 is 0. The Labute approximate surface area is 189 Å². The highest BCUT2D eigenvalue weighted by atomic mass is 16.5. The molecule has 0 unspecified atom stereocenters. The molecule has 0 heterocycles. The molecule has 2 aromatic carbocycles. The van der Waals surface area contributed by atoms with Crippen LogP contribution in [0.5, 0.6) is 0 Å². The second-order valence-electron chi connectivity index (χ2n) is 7.49. The average Bonchev–Trinajstić information content (AvgIpc) is 3.14. The number of nitrogens with zero attached hydrogens (tertiary/aromatic N) is 1. The van der Waals surface area contributed by atoms with Crippen molar-refractivity contribution in [2.24, 2.45) is 0 Å². The van der Waals surface area contributed by atoms with Crippen LogP contribution in [0, 0.1) is 0 Å². The fraction of sp³-hybridized carbons (Fsp3) is 0.375. The van der Waals surface area contributed by atoms with Crippen molar-refractivity contribution in [1.29, 1.82) is 0 Å². The maximum atomic E-state index is 12.3. The SMILES string of the molecule is [B]CC(=O)N(CCNC(=O)OCC1c2ccccc2-c2ccccc21)CC(=O)OCCC. The van der Waals surface area contributed by atoms with Gasteiger partial charge in [-0.2, -0.15) is 0 Å². The molecule has 8 heteroatoms. The van der Waals surface area contributed by atoms with Gasteiger partial charge in [-0.3, -0.25) is 9.59 Å². The predicted octanol–water partition coefficient (Wildman–Crippen LogP) is 2.89. The minimum absolute atomic E-state index is 0.0307. The van der Waals surface area contributed by atoms with E-state index in [2.05, 4.69) is 29.6 Å². The van der Waals surface area contributed by atoms with Crippen LogP contribution in [0.25, 0.3) is 11.1 Å². The van der Waals surface area contributed by atoms with E-state index in [0.717, 1.165) is 22.3 Å². The molecule has 1 aliphatic carbocycles. The average molecular weight is 434 g/mol. The van der Waals surface area contributed by atoms with Crippen LogP contribution in [0.1, 0.15) is 30.4 Å². The normalized spacial score (nSPS) is 11.9. The summed E-state index contributed by atoms with van der Waals surface area (Å²) in [7, 11) is 5.42. The van der Waals surface area contributed by atoms with Crippen molar-refractivity contribution < 1.29 is 23.9 Å². The lowest BCUT2D eigenvalue weighted by Crippen LogP contribution is -2.41. The first-order valence-corrected chi connectivity index (χ1v) is 10.8. The van der Waals surface area contributed by atoms with Crippen LogP contribution in [-0.2, 0) is 19.1 Å². The van der Waals surface area contributed by atoms with Gasteiger partial charge in [0.2, 0.25) is 5.91 Å². The lowest BCUT2D eigenvalue weighted by atomic mass is 9.98. The van der Waals surface area contributed by atoms with Crippen LogP contribution in [0.4, 0.5) is 4.79 Å². The number of ether oxygens (including phenoxy) is 2. The maximum absolute atomic E-state index is 12.3. The Kier molecular flexibility index (Phi) is 8.30. The summed E-state index contributed by atoms with van der Waals surface area (Å²) in [6, 6.07) is 16.2. The fourth-order valence-electron chi connectivity index (χ4n) is 3.78. The molecule has 0 fully saturated rings. The number of nitrogens with one attached hydrogen (secondary N) is 1. The molecule has 1 N–H and O–H groups in total. The number of esters is 1. The largest absolute Gasteiger partial charge is 0.464 e. The molecule has 0 saturated heterocycles. The Morgan fingerprint density at radius 1 is 1.00 bits per heavy atom. The molecule has 0 aromatic heterocycles. The van der Waals surface area contributed by atoms with Gasteiger partial charge in [0.1, 0.15) is 13.2 Å². The third kappa shape index (κ3) is 5.69. The number of hydrogen-bond acceptors (Lipinski definition) is 5. The standard InChI is InChI=1S/C24H27BN2O5/c1-2-13-31-23(29)15-27(22(28)14-25)12-11-26-24(30)32-16-21-19-9-5-3-7-17(19)18-8-4-6-10-20(18)21/h3-10,21H,2,11-16H2,1H3,(H,26,30). The number of fused-ring (bicyclic) bond motifs is 3. The number of amides is 2. The summed E-state index contributed by atoms with van der Waals surface area (Å²) in [6.45, 7) is 2.43. The van der Waals surface area contributed by atoms with E-state index in [1.54, 1.807) is 0 Å². The topological polar surface area (TPSA) is 84.9 Å². The number of carbonyl (C=O) groups excluding carboxylic acids is 3. The first-order chi connectivity index (χ1) is 15.5. The number of hydrogen-bond donors (Lipinski definition) is 1. The summed E-state index contributed by atoms with van der Waals surface area (Å²) in [4.78, 5) is 37.3. The molecule has 0 atom stereocenters. The lowest BCUT2D eigenvalue weighted by molar-refractivity contribution is -0.148.